The Kier molecular flexibility index (Phi) is 8.57. The van der Waals surface area contributed by atoms with Gasteiger partial charge in [0, 0.05) is 5.69 Å². The summed E-state index contributed by atoms with van der Waals surface area (Å²) in [6.45, 7) is 1.86. The van der Waals surface area contributed by atoms with Gasteiger partial charge in [-0.3, -0.25) is 9.59 Å². The Balaban J connectivity index is 2.04. The molecule has 2 aromatic rings. The maximum atomic E-state index is 12.3. The van der Waals surface area contributed by atoms with Crippen LogP contribution in [-0.4, -0.2) is 38.2 Å². The van der Waals surface area contributed by atoms with Gasteiger partial charge in [0.25, 0.3) is 0 Å². The van der Waals surface area contributed by atoms with E-state index in [9.17, 15) is 9.59 Å². The molecule has 0 saturated heterocycles. The van der Waals surface area contributed by atoms with E-state index in [-0.39, 0.29) is 19.6 Å². The predicted molar refractivity (Wildman–Crippen MR) is 110 cm³/mol. The number of carbonyl (C=O) groups excluding carboxylic acids is 2. The number of ether oxygens (including phenoxy) is 2. The Morgan fingerprint density at radius 3 is 2.36 bits per heavy atom. The molecular formula is C20H22Cl2N2O4. The molecule has 0 saturated carbocycles. The first-order chi connectivity index (χ1) is 13.5. The molecule has 2 aromatic carbocycles. The van der Waals surface area contributed by atoms with E-state index in [1.807, 2.05) is 18.2 Å². The van der Waals surface area contributed by atoms with E-state index in [2.05, 4.69) is 10.6 Å². The number of hydrogen-bond donors (Lipinski definition) is 2. The second-order valence-corrected chi connectivity index (χ2v) is 6.65. The fraction of sp³-hybridized carbons (Fsp3) is 0.300. The Bertz CT molecular complexity index is 809. The zero-order chi connectivity index (χ0) is 20.5. The van der Waals surface area contributed by atoms with E-state index < -0.39 is 18.0 Å². The maximum absolute atomic E-state index is 12.3. The number of carbonyl (C=O) groups is 2. The van der Waals surface area contributed by atoms with Gasteiger partial charge in [0.2, 0.25) is 0 Å². The highest BCUT2D eigenvalue weighted by Crippen LogP contribution is 2.33. The van der Waals surface area contributed by atoms with E-state index in [1.54, 1.807) is 38.2 Å². The summed E-state index contributed by atoms with van der Waals surface area (Å²) >= 11 is 12.4. The fourth-order valence-electron chi connectivity index (χ4n) is 2.44. The average molecular weight is 425 g/mol. The van der Waals surface area contributed by atoms with E-state index in [1.165, 1.54) is 0 Å². The zero-order valence-electron chi connectivity index (χ0n) is 15.6. The molecular weight excluding hydrogens is 403 g/mol. The van der Waals surface area contributed by atoms with Gasteiger partial charge < -0.3 is 20.1 Å². The summed E-state index contributed by atoms with van der Waals surface area (Å²) in [7, 11) is 1.60. The lowest BCUT2D eigenvalue weighted by Gasteiger charge is -2.16. The van der Waals surface area contributed by atoms with E-state index >= 15 is 0 Å². The minimum Gasteiger partial charge on any atom is -0.465 e. The number of likely N-dealkylation sites (N-methyl/N-ethyl adjacent to an activating group) is 1. The van der Waals surface area contributed by atoms with Gasteiger partial charge in [-0.1, -0.05) is 47.5 Å². The highest BCUT2D eigenvalue weighted by atomic mass is 35.5. The van der Waals surface area contributed by atoms with Crippen LogP contribution < -0.4 is 10.6 Å². The number of benzene rings is 2. The molecule has 150 valence electrons. The molecule has 0 aliphatic heterocycles. The topological polar surface area (TPSA) is 76.7 Å². The lowest BCUT2D eigenvalue weighted by molar-refractivity contribution is -0.151. The van der Waals surface area contributed by atoms with Crippen molar-refractivity contribution in [3.63, 3.8) is 0 Å². The summed E-state index contributed by atoms with van der Waals surface area (Å²) < 4.78 is 10.2. The molecule has 0 heterocycles. The molecule has 0 radical (unpaired) electrons. The number of para-hydroxylation sites is 2. The van der Waals surface area contributed by atoms with Crippen molar-refractivity contribution in [1.82, 2.24) is 5.32 Å². The third kappa shape index (κ3) is 6.12. The minimum atomic E-state index is -0.709. The molecule has 28 heavy (non-hydrogen) atoms. The zero-order valence-corrected chi connectivity index (χ0v) is 17.1. The summed E-state index contributed by atoms with van der Waals surface area (Å²) in [6.07, 6.45) is 0.0184. The minimum absolute atomic E-state index is 0.0184. The van der Waals surface area contributed by atoms with Crippen LogP contribution in [0.15, 0.2) is 42.5 Å². The number of esters is 2. The molecule has 1 atom stereocenters. The molecule has 0 unspecified atom stereocenters. The average Bonchev–Trinajstić information content (AvgIpc) is 2.67. The maximum Gasteiger partial charge on any atom is 0.326 e. The van der Waals surface area contributed by atoms with Crippen molar-refractivity contribution >= 4 is 46.5 Å². The first kappa shape index (κ1) is 22.0. The van der Waals surface area contributed by atoms with Crippen LogP contribution >= 0.6 is 23.2 Å². The number of anilines is 2. The molecule has 0 fully saturated rings. The van der Waals surface area contributed by atoms with Crippen molar-refractivity contribution in [3.05, 3.63) is 58.1 Å². The molecule has 6 nitrogen and oxygen atoms in total. The van der Waals surface area contributed by atoms with Crippen molar-refractivity contribution in [2.75, 3.05) is 25.6 Å². The Hall–Kier alpha value is -2.28. The summed E-state index contributed by atoms with van der Waals surface area (Å²) in [5.41, 5.74) is 1.95. The van der Waals surface area contributed by atoms with Gasteiger partial charge in [0.1, 0.15) is 12.6 Å². The van der Waals surface area contributed by atoms with Crippen LogP contribution in [0.5, 0.6) is 0 Å². The predicted octanol–water partition coefficient (Wildman–Crippen LogP) is 3.97. The third-order valence-corrected chi connectivity index (χ3v) is 4.54. The second kappa shape index (κ2) is 10.9. The summed E-state index contributed by atoms with van der Waals surface area (Å²) in [6, 6.07) is 11.8. The van der Waals surface area contributed by atoms with Crippen molar-refractivity contribution < 1.29 is 19.1 Å². The number of rotatable bonds is 9. The first-order valence-corrected chi connectivity index (χ1v) is 9.50. The SMILES string of the molecule is CCOC(=O)[C@H](COC(=O)Cc1ccccc1Nc1c(Cl)cccc1Cl)NC. The third-order valence-electron chi connectivity index (χ3n) is 3.91. The Morgan fingerprint density at radius 1 is 1.04 bits per heavy atom. The van der Waals surface area contributed by atoms with Crippen molar-refractivity contribution in [1.29, 1.82) is 0 Å². The highest BCUT2D eigenvalue weighted by molar-refractivity contribution is 6.39. The number of nitrogens with one attached hydrogen (secondary N) is 2. The smallest absolute Gasteiger partial charge is 0.326 e. The van der Waals surface area contributed by atoms with Crippen molar-refractivity contribution in [2.24, 2.45) is 0 Å². The number of halogens is 2. The molecule has 0 spiro atoms. The van der Waals surface area contributed by atoms with Crippen LogP contribution in [0.3, 0.4) is 0 Å². The van der Waals surface area contributed by atoms with Crippen LogP contribution in [0.4, 0.5) is 11.4 Å². The van der Waals surface area contributed by atoms with Crippen LogP contribution in [0.25, 0.3) is 0 Å². The molecule has 0 bridgehead atoms. The van der Waals surface area contributed by atoms with Gasteiger partial charge in [-0.2, -0.15) is 0 Å². The van der Waals surface area contributed by atoms with Crippen LogP contribution in [0, 0.1) is 0 Å². The van der Waals surface area contributed by atoms with Gasteiger partial charge >= 0.3 is 11.9 Å². The normalized spacial score (nSPS) is 11.6. The van der Waals surface area contributed by atoms with Crippen molar-refractivity contribution in [2.45, 2.75) is 19.4 Å². The standard InChI is InChI=1S/C20H22Cl2N2O4/c1-3-27-20(26)17(23-2)12-28-18(25)11-13-7-4-5-10-16(13)24-19-14(21)8-6-9-15(19)22/h4-10,17,23-24H,3,11-12H2,1-2H3/t17-/m0/s1. The molecule has 0 aliphatic carbocycles. The summed E-state index contributed by atoms with van der Waals surface area (Å²) in [5, 5.41) is 6.87. The van der Waals surface area contributed by atoms with Crippen LogP contribution in [0.2, 0.25) is 10.0 Å². The lowest BCUT2D eigenvalue weighted by Crippen LogP contribution is -2.40. The molecule has 2 rings (SSSR count). The van der Waals surface area contributed by atoms with E-state index in [0.29, 0.717) is 27.0 Å². The molecule has 0 amide bonds. The van der Waals surface area contributed by atoms with Crippen LogP contribution in [-0.2, 0) is 25.5 Å². The molecule has 2 N–H and O–H groups in total. The monoisotopic (exact) mass is 424 g/mol. The molecule has 0 aliphatic rings. The van der Waals surface area contributed by atoms with Crippen molar-refractivity contribution in [3.8, 4) is 0 Å². The van der Waals surface area contributed by atoms with E-state index in [4.69, 9.17) is 32.7 Å². The van der Waals surface area contributed by atoms with Crippen LogP contribution in [0.1, 0.15) is 12.5 Å². The Morgan fingerprint density at radius 2 is 1.71 bits per heavy atom. The quantitative estimate of drug-likeness (QED) is 0.592. The summed E-state index contributed by atoms with van der Waals surface area (Å²) in [4.78, 5) is 24.0. The lowest BCUT2D eigenvalue weighted by atomic mass is 10.1. The Labute approximate surface area is 174 Å². The fourth-order valence-corrected chi connectivity index (χ4v) is 2.94. The van der Waals surface area contributed by atoms with Gasteiger partial charge in [-0.15, -0.1) is 0 Å². The van der Waals surface area contributed by atoms with E-state index in [0.717, 1.165) is 0 Å². The summed E-state index contributed by atoms with van der Waals surface area (Å²) in [5.74, 6) is -0.933. The first-order valence-electron chi connectivity index (χ1n) is 8.74. The van der Waals surface area contributed by atoms with Gasteiger partial charge in [0.15, 0.2) is 0 Å². The molecule has 0 aromatic heterocycles. The highest BCUT2D eigenvalue weighted by Gasteiger charge is 2.20. The largest absolute Gasteiger partial charge is 0.465 e. The number of hydrogen-bond acceptors (Lipinski definition) is 6. The van der Waals surface area contributed by atoms with Gasteiger partial charge in [0.05, 0.1) is 28.8 Å². The van der Waals surface area contributed by atoms with Gasteiger partial charge in [-0.25, -0.2) is 0 Å². The molecule has 8 heteroatoms. The van der Waals surface area contributed by atoms with Gasteiger partial charge in [-0.05, 0) is 37.7 Å². The second-order valence-electron chi connectivity index (χ2n) is 5.83.